The van der Waals surface area contributed by atoms with Gasteiger partial charge in [0.1, 0.15) is 17.8 Å². The van der Waals surface area contributed by atoms with E-state index in [0.29, 0.717) is 12.0 Å². The van der Waals surface area contributed by atoms with Crippen molar-refractivity contribution in [2.45, 2.75) is 44.7 Å². The Hall–Kier alpha value is -2.64. The van der Waals surface area contributed by atoms with Crippen molar-refractivity contribution < 1.29 is 29.7 Å². The molecule has 1 aliphatic heterocycles. The molecule has 0 bridgehead atoms. The highest BCUT2D eigenvalue weighted by molar-refractivity contribution is 5.89. The molecular formula is C15H20N2O6. The molecule has 0 aliphatic carbocycles. The number of carboxylic acid groups (broad SMARTS) is 3. The lowest BCUT2D eigenvalue weighted by atomic mass is 10.00. The molecule has 0 aromatic carbocycles. The summed E-state index contributed by atoms with van der Waals surface area (Å²) in [4.78, 5) is 37.0. The van der Waals surface area contributed by atoms with Crippen LogP contribution in [0.4, 0.5) is 0 Å². The largest absolute Gasteiger partial charge is 0.480 e. The summed E-state index contributed by atoms with van der Waals surface area (Å²) in [7, 11) is 0. The molecule has 0 spiro atoms. The zero-order valence-corrected chi connectivity index (χ0v) is 12.7. The van der Waals surface area contributed by atoms with Gasteiger partial charge < -0.3 is 20.6 Å². The van der Waals surface area contributed by atoms with Crippen molar-refractivity contribution in [1.82, 2.24) is 5.32 Å². The summed E-state index contributed by atoms with van der Waals surface area (Å²) in [5.74, 6) is -3.44. The van der Waals surface area contributed by atoms with Gasteiger partial charge in [-0.15, -0.1) is 0 Å². The Morgan fingerprint density at radius 1 is 1.39 bits per heavy atom. The average molecular weight is 324 g/mol. The molecule has 2 atom stereocenters. The van der Waals surface area contributed by atoms with Crippen LogP contribution in [0.3, 0.4) is 0 Å². The van der Waals surface area contributed by atoms with Crippen molar-refractivity contribution >= 4 is 24.1 Å². The summed E-state index contributed by atoms with van der Waals surface area (Å²) in [6.45, 7) is 1.95. The Bertz CT molecular complexity index is 564. The van der Waals surface area contributed by atoms with Crippen LogP contribution in [0.15, 0.2) is 28.4 Å². The zero-order valence-electron chi connectivity index (χ0n) is 12.7. The monoisotopic (exact) mass is 324 g/mol. The Balaban J connectivity index is 2.89. The number of nitrogens with zero attached hydrogens (tertiary/aromatic N) is 1. The minimum Gasteiger partial charge on any atom is -0.480 e. The summed E-state index contributed by atoms with van der Waals surface area (Å²) in [5, 5.41) is 29.5. The van der Waals surface area contributed by atoms with Crippen LogP contribution in [0.25, 0.3) is 0 Å². The fraction of sp³-hybridized carbons (Fsp3) is 0.467. The van der Waals surface area contributed by atoms with Crippen LogP contribution in [0.1, 0.15) is 32.6 Å². The molecule has 1 aliphatic rings. The van der Waals surface area contributed by atoms with Gasteiger partial charge in [-0.05, 0) is 24.1 Å². The molecule has 0 amide bonds. The van der Waals surface area contributed by atoms with Crippen LogP contribution >= 0.6 is 0 Å². The van der Waals surface area contributed by atoms with Crippen LogP contribution < -0.4 is 5.32 Å². The van der Waals surface area contributed by atoms with E-state index in [4.69, 9.17) is 15.3 Å². The molecule has 126 valence electrons. The van der Waals surface area contributed by atoms with E-state index in [9.17, 15) is 14.4 Å². The highest BCUT2D eigenvalue weighted by atomic mass is 16.4. The summed E-state index contributed by atoms with van der Waals surface area (Å²) in [6.07, 6.45) is 6.16. The summed E-state index contributed by atoms with van der Waals surface area (Å²) >= 11 is 0. The Kier molecular flexibility index (Phi) is 6.98. The first kappa shape index (κ1) is 18.4. The molecule has 0 fully saturated rings. The number of rotatable bonds is 8. The molecule has 23 heavy (non-hydrogen) atoms. The standard InChI is InChI=1S/C15H20N2O6/c1-2-3-4-10(13(18)19)16-6-5-9-7-11(14(20)21)17-12(8-9)15(22)23/h5-7,10,12,17H,2-4,8H2,1H3,(H,18,19)(H,20,21)(H,22,23)/b9-5-,16-6?/t10-,12-/m0/s1. The van der Waals surface area contributed by atoms with Crippen LogP contribution in [0, 0.1) is 0 Å². The van der Waals surface area contributed by atoms with E-state index in [0.717, 1.165) is 12.8 Å². The molecule has 0 saturated carbocycles. The number of carboxylic acids is 3. The fourth-order valence-electron chi connectivity index (χ4n) is 2.05. The van der Waals surface area contributed by atoms with Gasteiger partial charge in [0.05, 0.1) is 0 Å². The zero-order chi connectivity index (χ0) is 17.4. The molecule has 4 N–H and O–H groups in total. The van der Waals surface area contributed by atoms with Crippen molar-refractivity contribution in [3.05, 3.63) is 23.4 Å². The lowest BCUT2D eigenvalue weighted by Crippen LogP contribution is -2.41. The van der Waals surface area contributed by atoms with E-state index in [-0.39, 0.29) is 12.1 Å². The minimum atomic E-state index is -1.26. The van der Waals surface area contributed by atoms with Gasteiger partial charge in [0, 0.05) is 12.6 Å². The SMILES string of the molecule is CCCC[C@H](N=C/C=C1/C=C(C(=O)O)N[C@H](C(=O)O)C1)C(=O)O. The molecule has 0 radical (unpaired) electrons. The number of aliphatic imine (C=N–C) groups is 1. The molecule has 0 saturated heterocycles. The molecule has 1 heterocycles. The number of aliphatic carboxylic acids is 3. The summed E-state index contributed by atoms with van der Waals surface area (Å²) in [6, 6.07) is -1.90. The topological polar surface area (TPSA) is 136 Å². The van der Waals surface area contributed by atoms with Gasteiger partial charge in [-0.25, -0.2) is 14.4 Å². The smallest absolute Gasteiger partial charge is 0.351 e. The van der Waals surface area contributed by atoms with Crippen LogP contribution in [-0.4, -0.2) is 51.5 Å². The third-order valence-corrected chi connectivity index (χ3v) is 3.30. The highest BCUT2D eigenvalue weighted by Crippen LogP contribution is 2.16. The molecule has 0 aromatic heterocycles. The van der Waals surface area contributed by atoms with Gasteiger partial charge in [0.15, 0.2) is 0 Å². The molecule has 0 unspecified atom stereocenters. The van der Waals surface area contributed by atoms with Gasteiger partial charge in [-0.1, -0.05) is 19.8 Å². The summed E-state index contributed by atoms with van der Waals surface area (Å²) < 4.78 is 0. The highest BCUT2D eigenvalue weighted by Gasteiger charge is 2.26. The maximum atomic E-state index is 11.1. The number of hydrogen-bond donors (Lipinski definition) is 4. The first-order valence-corrected chi connectivity index (χ1v) is 7.24. The normalized spacial score (nSPS) is 20.8. The van der Waals surface area contributed by atoms with Crippen molar-refractivity contribution in [3.63, 3.8) is 0 Å². The van der Waals surface area contributed by atoms with Gasteiger partial charge >= 0.3 is 17.9 Å². The van der Waals surface area contributed by atoms with Crippen molar-refractivity contribution in [2.24, 2.45) is 4.99 Å². The predicted octanol–water partition coefficient (Wildman–Crippen LogP) is 1.04. The predicted molar refractivity (Wildman–Crippen MR) is 82.4 cm³/mol. The number of nitrogens with one attached hydrogen (secondary N) is 1. The fourth-order valence-corrected chi connectivity index (χ4v) is 2.05. The second-order valence-electron chi connectivity index (χ2n) is 5.14. The maximum absolute atomic E-state index is 11.1. The van der Waals surface area contributed by atoms with Crippen molar-refractivity contribution in [1.29, 1.82) is 0 Å². The molecule has 8 heteroatoms. The third kappa shape index (κ3) is 5.93. The Morgan fingerprint density at radius 3 is 2.61 bits per heavy atom. The van der Waals surface area contributed by atoms with E-state index in [1.165, 1.54) is 18.4 Å². The van der Waals surface area contributed by atoms with E-state index >= 15 is 0 Å². The number of hydrogen-bond acceptors (Lipinski definition) is 5. The van der Waals surface area contributed by atoms with E-state index < -0.39 is 30.0 Å². The van der Waals surface area contributed by atoms with Crippen molar-refractivity contribution in [2.75, 3.05) is 0 Å². The molecule has 1 rings (SSSR count). The molecule has 0 aromatic rings. The molecule has 8 nitrogen and oxygen atoms in total. The second kappa shape index (κ2) is 8.72. The van der Waals surface area contributed by atoms with Crippen molar-refractivity contribution in [3.8, 4) is 0 Å². The number of allylic oxidation sites excluding steroid dienone is 2. The lowest BCUT2D eigenvalue weighted by molar-refractivity contribution is -0.140. The average Bonchev–Trinajstić information content (AvgIpc) is 2.49. The van der Waals surface area contributed by atoms with Crippen LogP contribution in [-0.2, 0) is 14.4 Å². The van der Waals surface area contributed by atoms with E-state index in [1.807, 2.05) is 6.92 Å². The van der Waals surface area contributed by atoms with E-state index in [1.54, 1.807) is 0 Å². The Morgan fingerprint density at radius 2 is 2.09 bits per heavy atom. The van der Waals surface area contributed by atoms with Gasteiger partial charge in [-0.2, -0.15) is 0 Å². The van der Waals surface area contributed by atoms with Gasteiger partial charge in [-0.3, -0.25) is 4.99 Å². The first-order chi connectivity index (χ1) is 10.8. The quantitative estimate of drug-likeness (QED) is 0.490. The van der Waals surface area contributed by atoms with Crippen LogP contribution in [0.5, 0.6) is 0 Å². The second-order valence-corrected chi connectivity index (χ2v) is 5.14. The Labute approximate surface area is 133 Å². The number of carbonyl (C=O) groups is 3. The molecular weight excluding hydrogens is 304 g/mol. The third-order valence-electron chi connectivity index (χ3n) is 3.30. The van der Waals surface area contributed by atoms with E-state index in [2.05, 4.69) is 10.3 Å². The summed E-state index contributed by atoms with van der Waals surface area (Å²) in [5.41, 5.74) is 0.237. The lowest BCUT2D eigenvalue weighted by Gasteiger charge is -2.21. The minimum absolute atomic E-state index is 0.0881. The maximum Gasteiger partial charge on any atom is 0.351 e. The first-order valence-electron chi connectivity index (χ1n) is 7.24. The number of unbranched alkanes of at least 4 members (excludes halogenated alkanes) is 1. The van der Waals surface area contributed by atoms with Gasteiger partial charge in [0.25, 0.3) is 0 Å². The van der Waals surface area contributed by atoms with Crippen LogP contribution in [0.2, 0.25) is 0 Å². The van der Waals surface area contributed by atoms with Gasteiger partial charge in [0.2, 0.25) is 0 Å².